The van der Waals surface area contributed by atoms with Gasteiger partial charge in [-0.1, -0.05) is 29.8 Å². The summed E-state index contributed by atoms with van der Waals surface area (Å²) < 4.78 is 5.55. The van der Waals surface area contributed by atoms with Crippen molar-refractivity contribution in [2.45, 2.75) is 13.3 Å². The van der Waals surface area contributed by atoms with Crippen molar-refractivity contribution in [3.63, 3.8) is 0 Å². The van der Waals surface area contributed by atoms with Crippen LogP contribution in [0.15, 0.2) is 48.5 Å². The maximum Gasteiger partial charge on any atom is 0.319 e. The first-order valence-electron chi connectivity index (χ1n) is 7.84. The second-order valence-corrected chi connectivity index (χ2v) is 5.68. The minimum atomic E-state index is -0.322. The molecule has 0 saturated heterocycles. The molecule has 3 N–H and O–H groups in total. The molecular weight excluding hydrogens is 342 g/mol. The van der Waals surface area contributed by atoms with Crippen LogP contribution in [0.25, 0.3) is 0 Å². The molecule has 2 rings (SSSR count). The number of anilines is 2. The summed E-state index contributed by atoms with van der Waals surface area (Å²) >= 11 is 5.99. The number of urea groups is 1. The van der Waals surface area contributed by atoms with E-state index in [9.17, 15) is 9.59 Å². The molecule has 0 aliphatic carbocycles. The topological polar surface area (TPSA) is 79.5 Å². The first-order valence-corrected chi connectivity index (χ1v) is 8.22. The summed E-state index contributed by atoms with van der Waals surface area (Å²) in [5.41, 5.74) is 1.22. The highest BCUT2D eigenvalue weighted by Crippen LogP contribution is 2.23. The summed E-state index contributed by atoms with van der Waals surface area (Å²) in [7, 11) is 0. The number of amides is 3. The molecule has 0 aliphatic heterocycles. The normalized spacial score (nSPS) is 10.0. The van der Waals surface area contributed by atoms with Gasteiger partial charge < -0.3 is 20.7 Å². The zero-order valence-electron chi connectivity index (χ0n) is 13.8. The molecule has 25 heavy (non-hydrogen) atoms. The van der Waals surface area contributed by atoms with E-state index >= 15 is 0 Å². The van der Waals surface area contributed by atoms with Crippen LogP contribution in [0.3, 0.4) is 0 Å². The molecule has 0 atom stereocenters. The van der Waals surface area contributed by atoms with Gasteiger partial charge in [-0.25, -0.2) is 4.79 Å². The highest BCUT2D eigenvalue weighted by Gasteiger charge is 2.03. The van der Waals surface area contributed by atoms with E-state index in [1.807, 2.05) is 12.1 Å². The third-order valence-electron chi connectivity index (χ3n) is 3.14. The van der Waals surface area contributed by atoms with Crippen LogP contribution in [-0.2, 0) is 4.79 Å². The van der Waals surface area contributed by atoms with E-state index < -0.39 is 0 Å². The zero-order chi connectivity index (χ0) is 18.1. The summed E-state index contributed by atoms with van der Waals surface area (Å²) in [5, 5.41) is 8.67. The van der Waals surface area contributed by atoms with E-state index in [0.29, 0.717) is 41.7 Å². The molecule has 132 valence electrons. The standard InChI is InChI=1S/C18H20ClN3O3/c1-13(23)21-14-6-4-7-15(12-14)22-18(24)20-10-5-11-25-17-9-3-2-8-16(17)19/h2-4,6-9,12H,5,10-11H2,1H3,(H,21,23)(H2,20,22,24). The molecule has 0 bridgehead atoms. The quantitative estimate of drug-likeness (QED) is 0.654. The number of rotatable bonds is 7. The van der Waals surface area contributed by atoms with E-state index in [2.05, 4.69) is 16.0 Å². The van der Waals surface area contributed by atoms with Gasteiger partial charge in [0.15, 0.2) is 0 Å². The Morgan fingerprint density at radius 1 is 1.04 bits per heavy atom. The molecule has 0 fully saturated rings. The first-order chi connectivity index (χ1) is 12.0. The van der Waals surface area contributed by atoms with Crippen LogP contribution in [0.2, 0.25) is 5.02 Å². The lowest BCUT2D eigenvalue weighted by atomic mass is 10.2. The van der Waals surface area contributed by atoms with Crippen molar-refractivity contribution >= 4 is 34.9 Å². The van der Waals surface area contributed by atoms with E-state index in [1.54, 1.807) is 36.4 Å². The van der Waals surface area contributed by atoms with Gasteiger partial charge in [0.05, 0.1) is 11.6 Å². The SMILES string of the molecule is CC(=O)Nc1cccc(NC(=O)NCCCOc2ccccc2Cl)c1. The van der Waals surface area contributed by atoms with Crippen LogP contribution in [-0.4, -0.2) is 25.1 Å². The van der Waals surface area contributed by atoms with Crippen LogP contribution in [0.5, 0.6) is 5.75 Å². The van der Waals surface area contributed by atoms with E-state index in [0.717, 1.165) is 0 Å². The maximum absolute atomic E-state index is 11.9. The zero-order valence-corrected chi connectivity index (χ0v) is 14.6. The van der Waals surface area contributed by atoms with Crippen molar-refractivity contribution in [2.75, 3.05) is 23.8 Å². The fourth-order valence-corrected chi connectivity index (χ4v) is 2.26. The number of para-hydroxylation sites is 1. The van der Waals surface area contributed by atoms with Crippen LogP contribution >= 0.6 is 11.6 Å². The highest BCUT2D eigenvalue weighted by molar-refractivity contribution is 6.32. The minimum absolute atomic E-state index is 0.167. The number of hydrogen-bond acceptors (Lipinski definition) is 3. The van der Waals surface area contributed by atoms with Crippen molar-refractivity contribution in [3.05, 3.63) is 53.6 Å². The molecule has 2 aromatic rings. The molecule has 3 amide bonds. The van der Waals surface area contributed by atoms with Crippen LogP contribution in [0, 0.1) is 0 Å². The van der Waals surface area contributed by atoms with Crippen molar-refractivity contribution in [1.29, 1.82) is 0 Å². The molecule has 0 saturated carbocycles. The first kappa shape index (κ1) is 18.6. The van der Waals surface area contributed by atoms with Crippen molar-refractivity contribution in [1.82, 2.24) is 5.32 Å². The lowest BCUT2D eigenvalue weighted by molar-refractivity contribution is -0.114. The van der Waals surface area contributed by atoms with Gasteiger partial charge in [0.1, 0.15) is 5.75 Å². The van der Waals surface area contributed by atoms with Gasteiger partial charge in [0, 0.05) is 24.8 Å². The molecule has 0 aromatic heterocycles. The molecular formula is C18H20ClN3O3. The molecule has 0 spiro atoms. The van der Waals surface area contributed by atoms with Gasteiger partial charge in [-0.05, 0) is 36.8 Å². The van der Waals surface area contributed by atoms with E-state index in [-0.39, 0.29) is 11.9 Å². The number of halogens is 1. The number of ether oxygens (including phenoxy) is 1. The van der Waals surface area contributed by atoms with Gasteiger partial charge >= 0.3 is 6.03 Å². The second kappa shape index (κ2) is 9.54. The number of hydrogen-bond donors (Lipinski definition) is 3. The van der Waals surface area contributed by atoms with Gasteiger partial charge in [0.2, 0.25) is 5.91 Å². The number of carbonyl (C=O) groups is 2. The molecule has 0 aliphatic rings. The summed E-state index contributed by atoms with van der Waals surface area (Å²) in [6.45, 7) is 2.33. The average Bonchev–Trinajstić information content (AvgIpc) is 2.56. The Bertz CT molecular complexity index is 737. The summed E-state index contributed by atoms with van der Waals surface area (Å²) in [6.07, 6.45) is 0.643. The number of nitrogens with one attached hydrogen (secondary N) is 3. The number of carbonyl (C=O) groups excluding carboxylic acids is 2. The predicted molar refractivity (Wildman–Crippen MR) is 99.3 cm³/mol. The molecule has 2 aromatic carbocycles. The Kier molecular flexibility index (Phi) is 7.10. The largest absolute Gasteiger partial charge is 0.492 e. The van der Waals surface area contributed by atoms with Crippen LogP contribution in [0.1, 0.15) is 13.3 Å². The predicted octanol–water partition coefficient (Wildman–Crippen LogP) is 3.89. The van der Waals surface area contributed by atoms with E-state index in [1.165, 1.54) is 6.92 Å². The Balaban J connectivity index is 1.69. The van der Waals surface area contributed by atoms with Crippen molar-refractivity contribution < 1.29 is 14.3 Å². The Morgan fingerprint density at radius 2 is 1.76 bits per heavy atom. The Morgan fingerprint density at radius 3 is 2.48 bits per heavy atom. The Labute approximate surface area is 151 Å². The molecule has 0 heterocycles. The maximum atomic E-state index is 11.9. The minimum Gasteiger partial charge on any atom is -0.492 e. The van der Waals surface area contributed by atoms with Gasteiger partial charge in [-0.3, -0.25) is 4.79 Å². The third-order valence-corrected chi connectivity index (χ3v) is 3.45. The Hall–Kier alpha value is -2.73. The molecule has 0 unspecified atom stereocenters. The lowest BCUT2D eigenvalue weighted by Crippen LogP contribution is -2.30. The fraction of sp³-hybridized carbons (Fsp3) is 0.222. The van der Waals surface area contributed by atoms with Gasteiger partial charge in [0.25, 0.3) is 0 Å². The number of benzene rings is 2. The van der Waals surface area contributed by atoms with Crippen molar-refractivity contribution in [3.8, 4) is 5.75 Å². The van der Waals surface area contributed by atoms with Gasteiger partial charge in [-0.2, -0.15) is 0 Å². The second-order valence-electron chi connectivity index (χ2n) is 5.28. The fourth-order valence-electron chi connectivity index (χ4n) is 2.07. The summed E-state index contributed by atoms with van der Waals surface area (Å²) in [5.74, 6) is 0.462. The lowest BCUT2D eigenvalue weighted by Gasteiger charge is -2.10. The van der Waals surface area contributed by atoms with E-state index in [4.69, 9.17) is 16.3 Å². The monoisotopic (exact) mass is 361 g/mol. The molecule has 0 radical (unpaired) electrons. The molecule has 6 nitrogen and oxygen atoms in total. The average molecular weight is 362 g/mol. The van der Waals surface area contributed by atoms with Crippen LogP contribution in [0.4, 0.5) is 16.2 Å². The third kappa shape index (κ3) is 6.73. The van der Waals surface area contributed by atoms with Gasteiger partial charge in [-0.15, -0.1) is 0 Å². The van der Waals surface area contributed by atoms with Crippen molar-refractivity contribution in [2.24, 2.45) is 0 Å². The van der Waals surface area contributed by atoms with Crippen LogP contribution < -0.4 is 20.7 Å². The summed E-state index contributed by atoms with van der Waals surface area (Å²) in [6, 6.07) is 13.8. The molecule has 7 heteroatoms. The summed E-state index contributed by atoms with van der Waals surface area (Å²) in [4.78, 5) is 22.9. The highest BCUT2D eigenvalue weighted by atomic mass is 35.5. The smallest absolute Gasteiger partial charge is 0.319 e.